The quantitative estimate of drug-likeness (QED) is 0.212. The lowest BCUT2D eigenvalue weighted by Crippen LogP contribution is -2.27. The highest BCUT2D eigenvalue weighted by atomic mass is 16.5. The van der Waals surface area contributed by atoms with Gasteiger partial charge in [0.2, 0.25) is 0 Å². The van der Waals surface area contributed by atoms with Crippen molar-refractivity contribution in [1.29, 1.82) is 0 Å². The molecule has 0 radical (unpaired) electrons. The van der Waals surface area contributed by atoms with Crippen molar-refractivity contribution in [2.24, 2.45) is 5.92 Å². The second-order valence-electron chi connectivity index (χ2n) is 8.18. The fourth-order valence-corrected chi connectivity index (χ4v) is 2.94. The van der Waals surface area contributed by atoms with Gasteiger partial charge in [0.1, 0.15) is 18.8 Å². The van der Waals surface area contributed by atoms with Crippen LogP contribution in [0.3, 0.4) is 0 Å². The van der Waals surface area contributed by atoms with Crippen LogP contribution < -0.4 is 0 Å². The first-order valence-corrected chi connectivity index (χ1v) is 11.2. The number of aliphatic hydroxyl groups excluding tert-OH is 3. The molecule has 0 heterocycles. The lowest BCUT2D eigenvalue weighted by atomic mass is 10.0. The van der Waals surface area contributed by atoms with Crippen molar-refractivity contribution in [1.82, 2.24) is 0 Å². The zero-order valence-corrected chi connectivity index (χ0v) is 18.1. The van der Waals surface area contributed by atoms with Gasteiger partial charge in [-0.3, -0.25) is 4.79 Å². The number of carbonyl (C=O) groups is 1. The lowest BCUT2D eigenvalue weighted by Gasteiger charge is -2.13. The summed E-state index contributed by atoms with van der Waals surface area (Å²) in [6, 6.07) is 0. The van der Waals surface area contributed by atoms with Crippen molar-refractivity contribution in [2.45, 2.75) is 103 Å². The molecule has 168 valence electrons. The molecule has 6 nitrogen and oxygen atoms in total. The maximum absolute atomic E-state index is 11.6. The van der Waals surface area contributed by atoms with Gasteiger partial charge in [-0.1, -0.05) is 78.1 Å². The van der Waals surface area contributed by atoms with Crippen LogP contribution in [0, 0.1) is 5.92 Å². The summed E-state index contributed by atoms with van der Waals surface area (Å²) in [5, 5.41) is 27.3. The number of unbranched alkanes of at least 4 members (excludes halogenated alkanes) is 9. The Morgan fingerprint density at radius 3 is 1.79 bits per heavy atom. The number of hydrogen-bond donors (Lipinski definition) is 3. The molecule has 0 aromatic rings. The van der Waals surface area contributed by atoms with Crippen molar-refractivity contribution in [3.8, 4) is 0 Å². The van der Waals surface area contributed by atoms with E-state index in [4.69, 9.17) is 19.7 Å². The summed E-state index contributed by atoms with van der Waals surface area (Å²) in [4.78, 5) is 11.6. The van der Waals surface area contributed by atoms with Crippen molar-refractivity contribution < 1.29 is 29.6 Å². The largest absolute Gasteiger partial charge is 0.463 e. The molecule has 3 N–H and O–H groups in total. The maximum Gasteiger partial charge on any atom is 0.305 e. The molecular formula is C22H44O6. The molecule has 6 heteroatoms. The first kappa shape index (κ1) is 27.3. The first-order chi connectivity index (χ1) is 13.5. The Morgan fingerprint density at radius 1 is 0.750 bits per heavy atom. The van der Waals surface area contributed by atoms with E-state index < -0.39 is 12.2 Å². The average Bonchev–Trinajstić information content (AvgIpc) is 2.66. The molecule has 0 aromatic carbocycles. The first-order valence-electron chi connectivity index (χ1n) is 11.2. The van der Waals surface area contributed by atoms with Crippen LogP contribution in [0.4, 0.5) is 0 Å². The van der Waals surface area contributed by atoms with Gasteiger partial charge in [0.15, 0.2) is 0 Å². The van der Waals surface area contributed by atoms with E-state index in [9.17, 15) is 9.90 Å². The van der Waals surface area contributed by atoms with Crippen molar-refractivity contribution in [3.05, 3.63) is 0 Å². The third-order valence-corrected chi connectivity index (χ3v) is 4.68. The third-order valence-electron chi connectivity index (χ3n) is 4.68. The van der Waals surface area contributed by atoms with Crippen LogP contribution in [-0.4, -0.2) is 59.9 Å². The molecule has 0 aliphatic carbocycles. The smallest absolute Gasteiger partial charge is 0.305 e. The van der Waals surface area contributed by atoms with Crippen molar-refractivity contribution in [2.75, 3.05) is 26.4 Å². The van der Waals surface area contributed by atoms with E-state index in [0.29, 0.717) is 6.42 Å². The summed E-state index contributed by atoms with van der Waals surface area (Å²) in [5.41, 5.74) is 0. The minimum absolute atomic E-state index is 0.0396. The van der Waals surface area contributed by atoms with Crippen LogP contribution in [0.25, 0.3) is 0 Å². The summed E-state index contributed by atoms with van der Waals surface area (Å²) in [7, 11) is 0. The Morgan fingerprint density at radius 2 is 1.25 bits per heavy atom. The Bertz CT molecular complexity index is 348. The molecule has 0 fully saturated rings. The number of aliphatic hydroxyl groups is 3. The van der Waals surface area contributed by atoms with Gasteiger partial charge in [0, 0.05) is 6.42 Å². The average molecular weight is 405 g/mol. The monoisotopic (exact) mass is 404 g/mol. The number of esters is 1. The second kappa shape index (κ2) is 19.6. The third kappa shape index (κ3) is 20.1. The SMILES string of the molecule is CC(C)CCCCCCCCCCCCC(=O)OCC(O)COCC(O)CO. The molecule has 0 aromatic heterocycles. The summed E-state index contributed by atoms with van der Waals surface area (Å²) < 4.78 is 10.0. The van der Waals surface area contributed by atoms with Crippen molar-refractivity contribution in [3.63, 3.8) is 0 Å². The molecule has 2 unspecified atom stereocenters. The molecule has 2 atom stereocenters. The summed E-state index contributed by atoms with van der Waals surface area (Å²) in [6.07, 6.45) is 12.1. The molecule has 0 aliphatic rings. The summed E-state index contributed by atoms with van der Waals surface area (Å²) >= 11 is 0. The van der Waals surface area contributed by atoms with Gasteiger partial charge in [0.05, 0.1) is 19.8 Å². The second-order valence-corrected chi connectivity index (χ2v) is 8.18. The van der Waals surface area contributed by atoms with Crippen LogP contribution in [-0.2, 0) is 14.3 Å². The van der Waals surface area contributed by atoms with Gasteiger partial charge in [0.25, 0.3) is 0 Å². The Kier molecular flexibility index (Phi) is 19.1. The number of rotatable bonds is 20. The normalized spacial score (nSPS) is 13.6. The molecule has 0 saturated heterocycles. The van der Waals surface area contributed by atoms with E-state index in [-0.39, 0.29) is 32.4 Å². The molecular weight excluding hydrogens is 360 g/mol. The van der Waals surface area contributed by atoms with E-state index >= 15 is 0 Å². The Hall–Kier alpha value is -0.690. The number of ether oxygens (including phenoxy) is 2. The minimum atomic E-state index is -0.954. The van der Waals surface area contributed by atoms with Crippen molar-refractivity contribution >= 4 is 5.97 Å². The van der Waals surface area contributed by atoms with Crippen LogP contribution in [0.15, 0.2) is 0 Å². The zero-order valence-electron chi connectivity index (χ0n) is 18.1. The fraction of sp³-hybridized carbons (Fsp3) is 0.955. The van der Waals surface area contributed by atoms with E-state index in [0.717, 1.165) is 25.2 Å². The number of hydrogen-bond acceptors (Lipinski definition) is 6. The van der Waals surface area contributed by atoms with E-state index in [1.54, 1.807) is 0 Å². The standard InChI is InChI=1S/C22H44O6/c1-19(2)13-11-9-7-5-3-4-6-8-10-12-14-22(26)28-18-21(25)17-27-16-20(24)15-23/h19-21,23-25H,3-18H2,1-2H3. The van der Waals surface area contributed by atoms with Gasteiger partial charge in [-0.2, -0.15) is 0 Å². The Labute approximate surface area is 171 Å². The molecule has 0 rings (SSSR count). The molecule has 0 spiro atoms. The molecule has 0 bridgehead atoms. The van der Waals surface area contributed by atoms with Gasteiger partial charge < -0.3 is 24.8 Å². The molecule has 0 saturated carbocycles. The topological polar surface area (TPSA) is 96.2 Å². The van der Waals surface area contributed by atoms with E-state index in [1.165, 1.54) is 51.4 Å². The van der Waals surface area contributed by atoms with Gasteiger partial charge in [-0.05, 0) is 12.3 Å². The van der Waals surface area contributed by atoms with Crippen LogP contribution in [0.1, 0.15) is 90.9 Å². The van der Waals surface area contributed by atoms with Crippen LogP contribution in [0.5, 0.6) is 0 Å². The van der Waals surface area contributed by atoms with Crippen LogP contribution in [0.2, 0.25) is 0 Å². The van der Waals surface area contributed by atoms with Gasteiger partial charge in [-0.25, -0.2) is 0 Å². The molecule has 0 amide bonds. The summed E-state index contributed by atoms with van der Waals surface area (Å²) in [5.74, 6) is 0.532. The molecule has 0 aliphatic heterocycles. The highest BCUT2D eigenvalue weighted by Crippen LogP contribution is 2.13. The van der Waals surface area contributed by atoms with Gasteiger partial charge >= 0.3 is 5.97 Å². The van der Waals surface area contributed by atoms with E-state index in [1.807, 2.05) is 0 Å². The predicted octanol–water partition coefficient (Wildman–Crippen LogP) is 3.60. The maximum atomic E-state index is 11.6. The van der Waals surface area contributed by atoms with Crippen LogP contribution >= 0.6 is 0 Å². The Balaban J connectivity index is 3.32. The molecule has 28 heavy (non-hydrogen) atoms. The van der Waals surface area contributed by atoms with E-state index in [2.05, 4.69) is 13.8 Å². The fourth-order valence-electron chi connectivity index (χ4n) is 2.94. The number of carbonyl (C=O) groups excluding carboxylic acids is 1. The lowest BCUT2D eigenvalue weighted by molar-refractivity contribution is -0.148. The predicted molar refractivity (Wildman–Crippen MR) is 111 cm³/mol. The highest BCUT2D eigenvalue weighted by Gasteiger charge is 2.10. The van der Waals surface area contributed by atoms with Gasteiger partial charge in [-0.15, -0.1) is 0 Å². The summed E-state index contributed by atoms with van der Waals surface area (Å²) in [6.45, 7) is 3.98. The zero-order chi connectivity index (χ0) is 21.0. The highest BCUT2D eigenvalue weighted by molar-refractivity contribution is 5.69. The minimum Gasteiger partial charge on any atom is -0.463 e.